The minimum absolute atomic E-state index is 0.0270. The molecule has 3 rings (SSSR count). The van der Waals surface area contributed by atoms with Gasteiger partial charge in [0.1, 0.15) is 11.6 Å². The number of azo groups is 1. The highest BCUT2D eigenvalue weighted by molar-refractivity contribution is 5.99. The third kappa shape index (κ3) is 8.91. The predicted molar refractivity (Wildman–Crippen MR) is 181 cm³/mol. The zero-order valence-electron chi connectivity index (χ0n) is 27.6. The van der Waals surface area contributed by atoms with Crippen molar-refractivity contribution in [2.75, 3.05) is 13.1 Å². The van der Waals surface area contributed by atoms with E-state index in [-0.39, 0.29) is 23.6 Å². The van der Waals surface area contributed by atoms with Crippen LogP contribution in [0.3, 0.4) is 0 Å². The molecule has 8 heteroatoms. The van der Waals surface area contributed by atoms with E-state index in [1.165, 1.54) is 0 Å². The first kappa shape index (κ1) is 35.2. The van der Waals surface area contributed by atoms with Crippen LogP contribution >= 0.6 is 0 Å². The molecule has 1 amide bonds. The smallest absolute Gasteiger partial charge is 0.286 e. The highest BCUT2D eigenvalue weighted by Gasteiger charge is 2.25. The van der Waals surface area contributed by atoms with E-state index in [1.807, 2.05) is 17.0 Å². The molecule has 45 heavy (non-hydrogen) atoms. The number of carbonyl (C=O) groups excluding carboxylic acids is 1. The van der Waals surface area contributed by atoms with Crippen molar-refractivity contribution in [1.29, 1.82) is 5.26 Å². The standard InChI is InChI=1S/C37H49N5O3/c1-6-11-18-27(8-3)25-41(26-28(9-4)19-12-7-2)35(43)31-22-16-17-23-33(31)39-40-34-30(10-5)32(24-38)36(44)42(37(34)45)29-20-14-13-15-21-29/h13-17,20-23,27-28,44H,6-12,18-19,25-26H2,1-5H3. The van der Waals surface area contributed by atoms with E-state index in [0.717, 1.165) is 55.9 Å². The third-order valence-corrected chi connectivity index (χ3v) is 8.63. The first-order chi connectivity index (χ1) is 21.8. The molecule has 0 aliphatic rings. The largest absolute Gasteiger partial charge is 0.493 e. The van der Waals surface area contributed by atoms with E-state index >= 15 is 0 Å². The van der Waals surface area contributed by atoms with Gasteiger partial charge < -0.3 is 10.0 Å². The van der Waals surface area contributed by atoms with Gasteiger partial charge in [0.05, 0.1) is 16.9 Å². The Hall–Kier alpha value is -4.25. The molecule has 0 saturated heterocycles. The van der Waals surface area contributed by atoms with Crippen LogP contribution < -0.4 is 5.56 Å². The van der Waals surface area contributed by atoms with Gasteiger partial charge in [-0.05, 0) is 55.4 Å². The van der Waals surface area contributed by atoms with Gasteiger partial charge in [-0.1, -0.05) is 103 Å². The molecular formula is C37H49N5O3. The number of aromatic nitrogens is 1. The van der Waals surface area contributed by atoms with E-state index < -0.39 is 11.4 Å². The molecule has 0 bridgehead atoms. The van der Waals surface area contributed by atoms with Crippen molar-refractivity contribution in [3.63, 3.8) is 0 Å². The number of nitrogens with zero attached hydrogens (tertiary/aromatic N) is 5. The Balaban J connectivity index is 2.09. The third-order valence-electron chi connectivity index (χ3n) is 8.63. The van der Waals surface area contributed by atoms with Crippen molar-refractivity contribution < 1.29 is 9.90 Å². The average molecular weight is 612 g/mol. The highest BCUT2D eigenvalue weighted by Crippen LogP contribution is 2.31. The van der Waals surface area contributed by atoms with Gasteiger partial charge in [-0.25, -0.2) is 4.57 Å². The second kappa shape index (κ2) is 17.9. The summed E-state index contributed by atoms with van der Waals surface area (Å²) in [6.45, 7) is 12.0. The number of nitriles is 1. The first-order valence-corrected chi connectivity index (χ1v) is 16.6. The molecule has 0 aliphatic carbocycles. The number of unbranched alkanes of at least 4 members (excludes halogenated alkanes) is 2. The van der Waals surface area contributed by atoms with Gasteiger partial charge in [-0.15, -0.1) is 10.2 Å². The number of hydrogen-bond acceptors (Lipinski definition) is 6. The van der Waals surface area contributed by atoms with Gasteiger partial charge in [-0.2, -0.15) is 5.26 Å². The lowest BCUT2D eigenvalue weighted by atomic mass is 9.95. The Labute approximate surface area is 268 Å². The quantitative estimate of drug-likeness (QED) is 0.153. The Morgan fingerprint density at radius 3 is 2.00 bits per heavy atom. The zero-order valence-corrected chi connectivity index (χ0v) is 27.6. The van der Waals surface area contributed by atoms with Crippen molar-refractivity contribution in [1.82, 2.24) is 9.47 Å². The summed E-state index contributed by atoms with van der Waals surface area (Å²) in [6.07, 6.45) is 8.98. The lowest BCUT2D eigenvalue weighted by Crippen LogP contribution is -2.39. The van der Waals surface area contributed by atoms with Gasteiger partial charge in [0.2, 0.25) is 5.88 Å². The molecule has 1 heterocycles. The van der Waals surface area contributed by atoms with Crippen LogP contribution in [0.15, 0.2) is 69.6 Å². The number of carbonyl (C=O) groups is 1. The van der Waals surface area contributed by atoms with Crippen LogP contribution in [0.2, 0.25) is 0 Å². The van der Waals surface area contributed by atoms with E-state index in [0.29, 0.717) is 47.4 Å². The summed E-state index contributed by atoms with van der Waals surface area (Å²) >= 11 is 0. The molecule has 3 aromatic rings. The normalized spacial score (nSPS) is 12.6. The van der Waals surface area contributed by atoms with Crippen LogP contribution in [0.25, 0.3) is 5.69 Å². The second-order valence-electron chi connectivity index (χ2n) is 11.7. The van der Waals surface area contributed by atoms with Crippen molar-refractivity contribution >= 4 is 17.3 Å². The summed E-state index contributed by atoms with van der Waals surface area (Å²) in [5, 5.41) is 29.7. The maximum atomic E-state index is 14.3. The Morgan fingerprint density at radius 2 is 1.47 bits per heavy atom. The monoisotopic (exact) mass is 611 g/mol. The van der Waals surface area contributed by atoms with E-state index in [9.17, 15) is 20.0 Å². The summed E-state index contributed by atoms with van der Waals surface area (Å²) < 4.78 is 1.08. The van der Waals surface area contributed by atoms with Crippen LogP contribution in [-0.2, 0) is 6.42 Å². The molecule has 0 radical (unpaired) electrons. The molecule has 2 aromatic carbocycles. The summed E-state index contributed by atoms with van der Waals surface area (Å²) in [6, 6.07) is 17.8. The number of para-hydroxylation sites is 1. The number of pyridine rings is 1. The van der Waals surface area contributed by atoms with Gasteiger partial charge in [0.15, 0.2) is 5.69 Å². The lowest BCUT2D eigenvalue weighted by molar-refractivity contribution is 0.0685. The first-order valence-electron chi connectivity index (χ1n) is 16.6. The number of benzene rings is 2. The Bertz CT molecular complexity index is 1510. The highest BCUT2D eigenvalue weighted by atomic mass is 16.3. The number of aromatic hydroxyl groups is 1. The van der Waals surface area contributed by atoms with Crippen LogP contribution in [-0.4, -0.2) is 33.6 Å². The van der Waals surface area contributed by atoms with Gasteiger partial charge in [0, 0.05) is 18.7 Å². The Kier molecular flexibility index (Phi) is 14.0. The maximum absolute atomic E-state index is 14.3. The van der Waals surface area contributed by atoms with Crippen LogP contribution in [0, 0.1) is 23.2 Å². The molecule has 2 atom stereocenters. The van der Waals surface area contributed by atoms with Crippen molar-refractivity contribution in [2.45, 2.75) is 92.4 Å². The summed E-state index contributed by atoms with van der Waals surface area (Å²) in [4.78, 5) is 30.0. The molecule has 240 valence electrons. The molecule has 2 unspecified atom stereocenters. The predicted octanol–water partition coefficient (Wildman–Crippen LogP) is 9.27. The fraction of sp³-hybridized carbons (Fsp3) is 0.486. The molecule has 0 saturated carbocycles. The van der Waals surface area contributed by atoms with E-state index in [1.54, 1.807) is 55.5 Å². The fourth-order valence-electron chi connectivity index (χ4n) is 5.79. The molecule has 1 N–H and O–H groups in total. The number of amides is 1. The van der Waals surface area contributed by atoms with Crippen molar-refractivity contribution in [3.05, 3.63) is 81.6 Å². The molecule has 0 aliphatic heterocycles. The van der Waals surface area contributed by atoms with E-state index in [2.05, 4.69) is 37.9 Å². The minimum Gasteiger partial charge on any atom is -0.493 e. The topological polar surface area (TPSA) is 111 Å². The molecule has 0 spiro atoms. The Morgan fingerprint density at radius 1 is 0.889 bits per heavy atom. The molecular weight excluding hydrogens is 562 g/mol. The van der Waals surface area contributed by atoms with Crippen molar-refractivity contribution in [3.8, 4) is 17.6 Å². The average Bonchev–Trinajstić information content (AvgIpc) is 3.07. The van der Waals surface area contributed by atoms with Crippen molar-refractivity contribution in [2.24, 2.45) is 22.1 Å². The summed E-state index contributed by atoms with van der Waals surface area (Å²) in [5.74, 6) is 0.306. The summed E-state index contributed by atoms with van der Waals surface area (Å²) in [5.41, 5.74) is 0.848. The number of rotatable bonds is 17. The zero-order chi connectivity index (χ0) is 32.8. The second-order valence-corrected chi connectivity index (χ2v) is 11.7. The van der Waals surface area contributed by atoms with Gasteiger partial charge in [0.25, 0.3) is 11.5 Å². The van der Waals surface area contributed by atoms with Gasteiger partial charge >= 0.3 is 0 Å². The van der Waals surface area contributed by atoms with Crippen LogP contribution in [0.5, 0.6) is 5.88 Å². The number of hydrogen-bond donors (Lipinski definition) is 1. The van der Waals surface area contributed by atoms with Crippen LogP contribution in [0.1, 0.15) is 107 Å². The molecule has 1 aromatic heterocycles. The van der Waals surface area contributed by atoms with Gasteiger partial charge in [-0.3, -0.25) is 9.59 Å². The van der Waals surface area contributed by atoms with Crippen LogP contribution in [0.4, 0.5) is 11.4 Å². The SMILES string of the molecule is CCCCC(CC)CN(CC(CC)CCCC)C(=O)c1ccccc1N=Nc1c(CC)c(C#N)c(O)n(-c2ccccc2)c1=O. The summed E-state index contributed by atoms with van der Waals surface area (Å²) in [7, 11) is 0. The molecule has 8 nitrogen and oxygen atoms in total. The maximum Gasteiger partial charge on any atom is 0.286 e. The molecule has 0 fully saturated rings. The lowest BCUT2D eigenvalue weighted by Gasteiger charge is -2.31. The van der Waals surface area contributed by atoms with E-state index in [4.69, 9.17) is 0 Å². The fourth-order valence-corrected chi connectivity index (χ4v) is 5.79. The minimum atomic E-state index is -0.591.